The van der Waals surface area contributed by atoms with Crippen molar-refractivity contribution in [1.82, 2.24) is 9.97 Å². The minimum Gasteiger partial charge on any atom is -0.412 e. The van der Waals surface area contributed by atoms with Crippen LogP contribution in [0.3, 0.4) is 0 Å². The molecule has 7 unspecified atom stereocenters. The normalized spacial score (nSPS) is 15.1. The minimum absolute atomic E-state index is 0. The SMILES string of the molecule is C1=C(C(c2ccccc2)c2c[nH]c3ccccc23)c2ccccc2C1.C1=Cc2ccccc2C1.C1=Nc2ccccc2/C1=C\c1ccccc1.C1=[NH+]c2ccccc2C1C(C1=CCc2ccccc21)c1ccccc1.O.O.O.O.O.O=Cc1ccccc1.OC(c1ccccc1)C1C=Nc2ccccc21.OC(c1ccccc1)C1C=[NH+]c2ccccc21.OO.[H+].[H+].c1ccc2[nH]ccc2c1. The second kappa shape index (κ2) is 49.2. The van der Waals surface area contributed by atoms with E-state index in [9.17, 15) is 15.0 Å². The number of para-hydroxylation sites is 6. The molecule has 0 saturated carbocycles. The van der Waals surface area contributed by atoms with Crippen molar-refractivity contribution in [3.63, 3.8) is 0 Å². The molecule has 7 aliphatic rings. The summed E-state index contributed by atoms with van der Waals surface area (Å²) in [6.07, 6.45) is 26.5. The van der Waals surface area contributed by atoms with Gasteiger partial charge in [-0.2, -0.15) is 0 Å². The first kappa shape index (κ1) is 97.9. The van der Waals surface area contributed by atoms with E-state index < -0.39 is 12.2 Å². The Bertz CT molecular complexity index is 6700. The molecule has 666 valence electrons. The zero-order chi connectivity index (χ0) is 87.4. The fourth-order valence-corrected chi connectivity index (χ4v) is 17.5. The van der Waals surface area contributed by atoms with Crippen LogP contribution in [-0.4, -0.2) is 89.2 Å². The Morgan fingerprint density at radius 1 is 0.376 bits per heavy atom. The Morgan fingerprint density at radius 3 is 1.42 bits per heavy atom. The number of benzene rings is 15. The predicted molar refractivity (Wildman–Crippen MR) is 548 cm³/mol. The molecule has 4 aliphatic heterocycles. The highest BCUT2D eigenvalue weighted by molar-refractivity contribution is 6.21. The van der Waals surface area contributed by atoms with Gasteiger partial charge in [0.2, 0.25) is 11.4 Å². The first-order valence-electron chi connectivity index (χ1n) is 43.4. The Balaban J connectivity index is 0.000000176. The van der Waals surface area contributed by atoms with E-state index in [1.54, 1.807) is 12.1 Å². The lowest BCUT2D eigenvalue weighted by molar-refractivity contribution is -0.344. The molecule has 0 fully saturated rings. The van der Waals surface area contributed by atoms with Crippen LogP contribution < -0.4 is 9.98 Å². The first-order chi connectivity index (χ1) is 63.3. The van der Waals surface area contributed by atoms with Gasteiger partial charge in [0.15, 0.2) is 12.4 Å². The van der Waals surface area contributed by atoms with E-state index in [1.165, 1.54) is 111 Å². The average molecular weight is 1760 g/mol. The van der Waals surface area contributed by atoms with E-state index in [0.717, 1.165) is 70.4 Å². The summed E-state index contributed by atoms with van der Waals surface area (Å²) in [6, 6.07) is 139. The van der Waals surface area contributed by atoms with E-state index >= 15 is 0 Å². The number of hydrogen-bond acceptors (Lipinski definition) is 7. The second-order valence-electron chi connectivity index (χ2n) is 31.7. The van der Waals surface area contributed by atoms with E-state index in [4.69, 9.17) is 10.5 Å². The van der Waals surface area contributed by atoms with E-state index in [2.05, 4.69) is 297 Å². The quantitative estimate of drug-likeness (QED) is 0.0335. The fourth-order valence-electron chi connectivity index (χ4n) is 17.5. The number of aliphatic hydroxyl groups is 2. The number of nitrogens with zero attached hydrogens (tertiary/aromatic N) is 2. The van der Waals surface area contributed by atoms with Crippen LogP contribution in [0.5, 0.6) is 0 Å². The van der Waals surface area contributed by atoms with Gasteiger partial charge >= 0.3 is 2.85 Å². The number of aliphatic hydroxyl groups excluding tert-OH is 2. The number of H-pyrrole nitrogens is 2. The lowest BCUT2D eigenvalue weighted by Gasteiger charge is -2.24. The van der Waals surface area contributed by atoms with E-state index in [-0.39, 0.29) is 48.0 Å². The highest BCUT2D eigenvalue weighted by Gasteiger charge is 2.38. The smallest absolute Gasteiger partial charge is 0.412 e. The third-order valence-corrected chi connectivity index (χ3v) is 23.8. The summed E-state index contributed by atoms with van der Waals surface area (Å²) in [5.41, 5.74) is 32.1. The lowest BCUT2D eigenvalue weighted by Crippen LogP contribution is -2.59. The van der Waals surface area contributed by atoms with Crippen LogP contribution in [0.4, 0.5) is 22.7 Å². The number of allylic oxidation sites excluding steroid dienone is 6. The van der Waals surface area contributed by atoms with Crippen molar-refractivity contribution >= 4 is 105 Å². The molecule has 18 N–H and O–H groups in total. The number of hydrogen-bond donors (Lipinski definition) is 8. The Hall–Kier alpha value is -15.7. The van der Waals surface area contributed by atoms with Gasteiger partial charge in [-0.05, 0) is 145 Å². The Morgan fingerprint density at radius 2 is 0.827 bits per heavy atom. The standard InChI is InChI=1S/2C24H19N.2C15H13NO.C15H11N.C9H8.C8H7N.C7H6O.H2O2.5H2O/c2*1-2-9-18(10-3-1)24(21-15-14-17-8-4-5-11-19(17)21)22-16-25-23-13-7-6-12-20(22)23;2*17-15(11-6-2-1-3-7-11)13-10-16-14-9-5-4-8-12(13)14;1-2-6-12(7-3-1)10-13-11-16-15-9-5-4-8-14(13)15;1-2-5-9-7-3-6-8(9)4-1;1-2-4-8-7(3-1)5-6-9-8;8-6-7-4-2-1-3-5-7;1-2;;;;;/h1-13,15-16,24-25H,14H2;1-13,15-16,22,24H,14H2;2*1-10,13,15,17H;1-11H;1-6H,7H2;1-6,9H;1-6H;1-2H;5*1H2/p+4/b;;;;13-10-;;;;;;;;;. The molecule has 3 aliphatic carbocycles. The molecule has 0 spiro atoms. The summed E-state index contributed by atoms with van der Waals surface area (Å²) < 4.78 is 0. The first-order valence-corrected chi connectivity index (χ1v) is 43.4. The van der Waals surface area contributed by atoms with Crippen LogP contribution in [0, 0.1) is 0 Å². The molecule has 0 bridgehead atoms. The zero-order valence-corrected chi connectivity index (χ0v) is 73.4. The highest BCUT2D eigenvalue weighted by atomic mass is 17.0. The molecule has 0 radical (unpaired) electrons. The Labute approximate surface area is 778 Å². The summed E-state index contributed by atoms with van der Waals surface area (Å²) in [6.45, 7) is 0. The van der Waals surface area contributed by atoms with Gasteiger partial charge in [0.1, 0.15) is 6.29 Å². The topological polar surface area (TPSA) is 340 Å². The summed E-state index contributed by atoms with van der Waals surface area (Å²) in [7, 11) is 0. The van der Waals surface area contributed by atoms with Gasteiger partial charge in [0, 0.05) is 93.0 Å². The van der Waals surface area contributed by atoms with Crippen molar-refractivity contribution in [3.05, 3.63) is 532 Å². The largest absolute Gasteiger partial charge is 1.00 e. The fraction of sp³-hybridized carbons (Fsp3) is 0.0855. The second-order valence-corrected chi connectivity index (χ2v) is 31.7. The summed E-state index contributed by atoms with van der Waals surface area (Å²) >= 11 is 0. The summed E-state index contributed by atoms with van der Waals surface area (Å²) in [5, 5.41) is 35.4. The van der Waals surface area contributed by atoms with Crippen LogP contribution in [-0.2, 0) is 19.3 Å². The third kappa shape index (κ3) is 23.9. The third-order valence-electron chi connectivity index (χ3n) is 23.8. The molecule has 7 atom stereocenters. The van der Waals surface area contributed by atoms with Crippen molar-refractivity contribution in [2.75, 3.05) is 0 Å². The molecule has 6 heterocycles. The Kier molecular flexibility index (Phi) is 36.2. The molecular weight excluding hydrogens is 1650 g/mol. The number of rotatable bonds is 12. The number of carbonyl (C=O) groups excluding carboxylic acids is 1. The van der Waals surface area contributed by atoms with E-state index in [0.29, 0.717) is 11.8 Å². The maximum Gasteiger partial charge on any atom is 1.00 e. The highest BCUT2D eigenvalue weighted by Crippen LogP contribution is 2.49. The molecular formula is C117H112N6O10+4. The molecule has 16 nitrogen and oxygen atoms in total. The molecule has 17 aromatic rings. The molecule has 0 amide bonds. The molecule has 2 aromatic heterocycles. The number of fused-ring (bicyclic) bond motifs is 9. The van der Waals surface area contributed by atoms with Gasteiger partial charge in [-0.15, -0.1) is 0 Å². The molecule has 133 heavy (non-hydrogen) atoms. The van der Waals surface area contributed by atoms with Crippen molar-refractivity contribution in [2.45, 2.75) is 61.1 Å². The van der Waals surface area contributed by atoms with Gasteiger partial charge in [-0.1, -0.05) is 388 Å². The van der Waals surface area contributed by atoms with Crippen molar-refractivity contribution < 1.29 is 65.7 Å². The number of carbonyl (C=O) groups is 1. The molecule has 15 aromatic carbocycles. The zero-order valence-electron chi connectivity index (χ0n) is 75.4. The number of aromatic nitrogens is 2. The average Bonchev–Trinajstić information content (AvgIpc) is 1.63. The van der Waals surface area contributed by atoms with Gasteiger partial charge < -0.3 is 47.6 Å². The maximum absolute atomic E-state index is 10.4. The summed E-state index contributed by atoms with van der Waals surface area (Å²) in [5.74, 6) is 0.917. The summed E-state index contributed by atoms with van der Waals surface area (Å²) in [4.78, 5) is 32.0. The number of nitrogens with one attached hydrogen (secondary N) is 4. The van der Waals surface area contributed by atoms with Crippen LogP contribution >= 0.6 is 0 Å². The van der Waals surface area contributed by atoms with Gasteiger partial charge in [-0.25, -0.2) is 9.98 Å². The maximum atomic E-state index is 10.4. The number of aliphatic imine (C=N–C) groups is 2. The van der Waals surface area contributed by atoms with E-state index in [1.807, 2.05) is 195 Å². The molecule has 0 saturated heterocycles. The number of aromatic amines is 2. The van der Waals surface area contributed by atoms with Crippen LogP contribution in [0.15, 0.2) is 447 Å². The van der Waals surface area contributed by atoms with Crippen LogP contribution in [0.2, 0.25) is 0 Å². The monoisotopic (exact) mass is 1760 g/mol. The number of aldehydes is 1. The van der Waals surface area contributed by atoms with Crippen molar-refractivity contribution in [3.8, 4) is 0 Å². The van der Waals surface area contributed by atoms with Crippen molar-refractivity contribution in [2.24, 2.45) is 9.98 Å². The predicted octanol–water partition coefficient (Wildman–Crippen LogP) is 20.4. The van der Waals surface area contributed by atoms with Gasteiger partial charge in [0.05, 0.1) is 41.3 Å². The lowest BCUT2D eigenvalue weighted by atomic mass is 9.76. The molecule has 24 rings (SSSR count). The van der Waals surface area contributed by atoms with Gasteiger partial charge in [-0.3, -0.25) is 25.3 Å². The van der Waals surface area contributed by atoms with Crippen molar-refractivity contribution in [1.29, 1.82) is 0 Å². The van der Waals surface area contributed by atoms with Crippen LogP contribution in [0.1, 0.15) is 144 Å². The molecule has 16 heteroatoms. The minimum atomic E-state index is -0.524. The van der Waals surface area contributed by atoms with Crippen LogP contribution in [0.25, 0.3) is 50.7 Å². The van der Waals surface area contributed by atoms with Gasteiger partial charge in [0.25, 0.3) is 0 Å².